The Morgan fingerprint density at radius 1 is 1.65 bits per heavy atom. The van der Waals surface area contributed by atoms with Gasteiger partial charge in [-0.15, -0.1) is 11.3 Å². The Labute approximate surface area is 106 Å². The maximum Gasteiger partial charge on any atom is 0.175 e. The van der Waals surface area contributed by atoms with Gasteiger partial charge in [-0.25, -0.2) is 4.99 Å². The number of nitriles is 1. The number of rotatable bonds is 3. The molecule has 1 aromatic heterocycles. The molecule has 2 rings (SSSR count). The number of fused-ring (bicyclic) bond motifs is 1. The third-order valence-electron chi connectivity index (χ3n) is 3.02. The lowest BCUT2D eigenvalue weighted by atomic mass is 9.89. The normalized spacial score (nSPS) is 19.0. The molecule has 90 valence electrons. The number of hydrogen-bond donors (Lipinski definition) is 0. The predicted octanol–water partition coefficient (Wildman–Crippen LogP) is 3.44. The molecule has 17 heavy (non-hydrogen) atoms. The van der Waals surface area contributed by atoms with Crippen molar-refractivity contribution in [1.82, 2.24) is 0 Å². The number of nitrogens with zero attached hydrogens (tertiary/aromatic N) is 2. The van der Waals surface area contributed by atoms with Crippen LogP contribution in [-0.2, 0) is 17.6 Å². The van der Waals surface area contributed by atoms with Gasteiger partial charge in [0, 0.05) is 4.88 Å². The van der Waals surface area contributed by atoms with Gasteiger partial charge in [-0.3, -0.25) is 0 Å². The first-order valence-corrected chi connectivity index (χ1v) is 6.76. The summed E-state index contributed by atoms with van der Waals surface area (Å²) < 4.78 is 5.10. The van der Waals surface area contributed by atoms with Crippen LogP contribution in [0, 0.1) is 17.2 Å². The van der Waals surface area contributed by atoms with Gasteiger partial charge in [-0.05, 0) is 37.7 Å². The summed E-state index contributed by atoms with van der Waals surface area (Å²) in [6, 6.07) is 2.29. The molecule has 0 saturated carbocycles. The molecule has 0 N–H and O–H groups in total. The van der Waals surface area contributed by atoms with Gasteiger partial charge >= 0.3 is 0 Å². The SMILES string of the molecule is CCOC=Nc1sc2c(c1C#N)CC[C@H](C)C2. The first-order chi connectivity index (χ1) is 8.26. The van der Waals surface area contributed by atoms with Crippen LogP contribution in [0.2, 0.25) is 0 Å². The molecule has 1 atom stereocenters. The molecule has 0 spiro atoms. The zero-order chi connectivity index (χ0) is 12.3. The maximum absolute atomic E-state index is 9.23. The van der Waals surface area contributed by atoms with Crippen LogP contribution in [0.25, 0.3) is 0 Å². The number of aliphatic imine (C=N–C) groups is 1. The highest BCUT2D eigenvalue weighted by molar-refractivity contribution is 7.16. The maximum atomic E-state index is 9.23. The minimum atomic E-state index is 0.605. The number of hydrogen-bond acceptors (Lipinski definition) is 4. The predicted molar refractivity (Wildman–Crippen MR) is 70.0 cm³/mol. The van der Waals surface area contributed by atoms with Crippen LogP contribution in [0.3, 0.4) is 0 Å². The number of ether oxygens (including phenoxy) is 1. The summed E-state index contributed by atoms with van der Waals surface area (Å²) in [5.41, 5.74) is 1.98. The number of thiophene rings is 1. The molecule has 0 unspecified atom stereocenters. The molecule has 4 heteroatoms. The molecule has 1 aliphatic rings. The molecular weight excluding hydrogens is 232 g/mol. The Hall–Kier alpha value is -1.34. The quantitative estimate of drug-likeness (QED) is 0.607. The van der Waals surface area contributed by atoms with Gasteiger partial charge in [0.15, 0.2) is 6.40 Å². The van der Waals surface area contributed by atoms with E-state index in [-0.39, 0.29) is 0 Å². The fourth-order valence-electron chi connectivity index (χ4n) is 2.10. The van der Waals surface area contributed by atoms with Gasteiger partial charge in [0.1, 0.15) is 11.1 Å². The van der Waals surface area contributed by atoms with Gasteiger partial charge in [0.05, 0.1) is 12.2 Å². The Morgan fingerprint density at radius 2 is 2.47 bits per heavy atom. The van der Waals surface area contributed by atoms with Gasteiger partial charge in [0.25, 0.3) is 0 Å². The van der Waals surface area contributed by atoms with Crippen molar-refractivity contribution in [1.29, 1.82) is 5.26 Å². The van der Waals surface area contributed by atoms with E-state index in [0.29, 0.717) is 6.61 Å². The third kappa shape index (κ3) is 2.50. The van der Waals surface area contributed by atoms with Gasteiger partial charge in [-0.1, -0.05) is 6.92 Å². The van der Waals surface area contributed by atoms with Crippen LogP contribution in [0.5, 0.6) is 0 Å². The van der Waals surface area contributed by atoms with E-state index in [1.54, 1.807) is 11.3 Å². The van der Waals surface area contributed by atoms with E-state index in [4.69, 9.17) is 4.74 Å². The molecule has 0 aliphatic heterocycles. The Bertz CT molecular complexity index is 470. The second-order valence-corrected chi connectivity index (χ2v) is 5.42. The first-order valence-electron chi connectivity index (χ1n) is 5.95. The summed E-state index contributed by atoms with van der Waals surface area (Å²) in [6.45, 7) is 4.78. The van der Waals surface area contributed by atoms with Crippen molar-refractivity contribution in [2.45, 2.75) is 33.1 Å². The minimum absolute atomic E-state index is 0.605. The van der Waals surface area contributed by atoms with E-state index in [1.165, 1.54) is 23.3 Å². The first kappa shape index (κ1) is 12.1. The molecule has 0 radical (unpaired) electrons. The van der Waals surface area contributed by atoms with E-state index < -0.39 is 0 Å². The van der Waals surface area contributed by atoms with E-state index >= 15 is 0 Å². The summed E-state index contributed by atoms with van der Waals surface area (Å²) in [4.78, 5) is 5.58. The second kappa shape index (κ2) is 5.33. The fraction of sp³-hybridized carbons (Fsp3) is 0.538. The summed E-state index contributed by atoms with van der Waals surface area (Å²) in [7, 11) is 0. The molecule has 1 heterocycles. The van der Waals surface area contributed by atoms with Gasteiger partial charge < -0.3 is 4.74 Å². The molecule has 0 aromatic carbocycles. The molecule has 0 amide bonds. The van der Waals surface area contributed by atoms with Crippen LogP contribution in [0.4, 0.5) is 5.00 Å². The Kier molecular flexibility index (Phi) is 3.80. The van der Waals surface area contributed by atoms with E-state index in [9.17, 15) is 5.26 Å². The molecule has 1 aromatic rings. The largest absolute Gasteiger partial charge is 0.483 e. The smallest absolute Gasteiger partial charge is 0.175 e. The molecule has 0 saturated heterocycles. The summed E-state index contributed by atoms with van der Waals surface area (Å²) >= 11 is 1.64. The minimum Gasteiger partial charge on any atom is -0.483 e. The van der Waals surface area contributed by atoms with Crippen molar-refractivity contribution < 1.29 is 4.74 Å². The molecule has 0 fully saturated rings. The monoisotopic (exact) mass is 248 g/mol. The third-order valence-corrected chi connectivity index (χ3v) is 4.18. The van der Waals surface area contributed by atoms with E-state index in [2.05, 4.69) is 18.0 Å². The van der Waals surface area contributed by atoms with Gasteiger partial charge in [-0.2, -0.15) is 5.26 Å². The highest BCUT2D eigenvalue weighted by Gasteiger charge is 2.23. The van der Waals surface area contributed by atoms with Crippen molar-refractivity contribution in [2.24, 2.45) is 10.9 Å². The standard InChI is InChI=1S/C13H16N2OS/c1-3-16-8-15-13-11(7-14)10-5-4-9(2)6-12(10)17-13/h8-9H,3-6H2,1-2H3/t9-/m0/s1. The summed E-state index contributed by atoms with van der Waals surface area (Å²) in [5, 5.41) is 10.0. The van der Waals surface area contributed by atoms with Crippen molar-refractivity contribution in [3.8, 4) is 6.07 Å². The molecule has 1 aliphatic carbocycles. The molecule has 0 bridgehead atoms. The lowest BCUT2D eigenvalue weighted by Crippen LogP contribution is -2.09. The average molecular weight is 248 g/mol. The lowest BCUT2D eigenvalue weighted by Gasteiger charge is -2.17. The van der Waals surface area contributed by atoms with E-state index in [0.717, 1.165) is 29.3 Å². The summed E-state index contributed by atoms with van der Waals surface area (Å²) in [6.07, 6.45) is 4.72. The molecular formula is C13H16N2OS. The van der Waals surface area contributed by atoms with Crippen molar-refractivity contribution in [2.75, 3.05) is 6.61 Å². The van der Waals surface area contributed by atoms with E-state index in [1.807, 2.05) is 6.92 Å². The van der Waals surface area contributed by atoms with Crippen LogP contribution in [0.15, 0.2) is 4.99 Å². The molecule has 3 nitrogen and oxygen atoms in total. The highest BCUT2D eigenvalue weighted by Crippen LogP contribution is 2.40. The van der Waals surface area contributed by atoms with Crippen LogP contribution in [-0.4, -0.2) is 13.0 Å². The van der Waals surface area contributed by atoms with Crippen molar-refractivity contribution >= 4 is 22.7 Å². The highest BCUT2D eigenvalue weighted by atomic mass is 32.1. The zero-order valence-corrected chi connectivity index (χ0v) is 11.0. The van der Waals surface area contributed by atoms with Crippen molar-refractivity contribution in [3.05, 3.63) is 16.0 Å². The summed E-state index contributed by atoms with van der Waals surface area (Å²) in [5.74, 6) is 0.719. The average Bonchev–Trinajstić information content (AvgIpc) is 2.66. The topological polar surface area (TPSA) is 45.4 Å². The van der Waals surface area contributed by atoms with Crippen molar-refractivity contribution in [3.63, 3.8) is 0 Å². The van der Waals surface area contributed by atoms with Crippen LogP contribution >= 0.6 is 11.3 Å². The Morgan fingerprint density at radius 3 is 3.18 bits per heavy atom. The van der Waals surface area contributed by atoms with Crippen LogP contribution in [0.1, 0.15) is 36.3 Å². The Balaban J connectivity index is 2.31. The zero-order valence-electron chi connectivity index (χ0n) is 10.2. The van der Waals surface area contributed by atoms with Gasteiger partial charge in [0.2, 0.25) is 0 Å². The second-order valence-electron chi connectivity index (χ2n) is 4.33. The van der Waals surface area contributed by atoms with Crippen LogP contribution < -0.4 is 0 Å². The lowest BCUT2D eigenvalue weighted by molar-refractivity contribution is 0.344. The fourth-order valence-corrected chi connectivity index (χ4v) is 3.40.